The van der Waals surface area contributed by atoms with Gasteiger partial charge >= 0.3 is 6.18 Å². The lowest BCUT2D eigenvalue weighted by molar-refractivity contribution is -0.136. The molecule has 3 N–H and O–H groups in total. The number of carbonyl (C=O) groups is 1. The first-order valence-corrected chi connectivity index (χ1v) is 5.49. The van der Waals surface area contributed by atoms with Gasteiger partial charge in [0, 0.05) is 11.8 Å². The van der Waals surface area contributed by atoms with Crippen LogP contribution in [0.5, 0.6) is 0 Å². The SMILES string of the molecule is Cc1cc(C(=O)Nc2ccc(N)cc2C(F)(F)F)no1. The molecule has 1 heterocycles. The average molecular weight is 285 g/mol. The fourth-order valence-electron chi connectivity index (χ4n) is 1.57. The fraction of sp³-hybridized carbons (Fsp3) is 0.167. The van der Waals surface area contributed by atoms with Crippen molar-refractivity contribution < 1.29 is 22.5 Å². The van der Waals surface area contributed by atoms with Gasteiger partial charge in [-0.1, -0.05) is 5.16 Å². The Morgan fingerprint density at radius 2 is 2.05 bits per heavy atom. The van der Waals surface area contributed by atoms with Gasteiger partial charge in [-0.3, -0.25) is 4.79 Å². The van der Waals surface area contributed by atoms with E-state index in [9.17, 15) is 18.0 Å². The number of nitrogens with one attached hydrogen (secondary N) is 1. The molecule has 0 saturated heterocycles. The lowest BCUT2D eigenvalue weighted by atomic mass is 10.1. The van der Waals surface area contributed by atoms with Gasteiger partial charge in [-0.2, -0.15) is 13.2 Å². The van der Waals surface area contributed by atoms with Gasteiger partial charge in [-0.05, 0) is 25.1 Å². The predicted molar refractivity (Wildman–Crippen MR) is 65.0 cm³/mol. The molecule has 2 aromatic rings. The molecule has 0 bridgehead atoms. The summed E-state index contributed by atoms with van der Waals surface area (Å²) >= 11 is 0. The number of aryl methyl sites for hydroxylation is 1. The summed E-state index contributed by atoms with van der Waals surface area (Å²) in [4.78, 5) is 11.8. The van der Waals surface area contributed by atoms with Crippen molar-refractivity contribution in [3.05, 3.63) is 41.3 Å². The number of nitrogens with zero attached hydrogens (tertiary/aromatic N) is 1. The number of halogens is 3. The third kappa shape index (κ3) is 2.90. The second kappa shape index (κ2) is 4.87. The maximum Gasteiger partial charge on any atom is 0.418 e. The molecule has 5 nitrogen and oxygen atoms in total. The molecule has 0 aliphatic heterocycles. The Morgan fingerprint density at radius 1 is 1.35 bits per heavy atom. The summed E-state index contributed by atoms with van der Waals surface area (Å²) in [6.07, 6.45) is -4.63. The highest BCUT2D eigenvalue weighted by molar-refractivity contribution is 6.03. The third-order valence-electron chi connectivity index (χ3n) is 2.46. The van der Waals surface area contributed by atoms with Crippen molar-refractivity contribution in [2.24, 2.45) is 0 Å². The first kappa shape index (κ1) is 13.9. The van der Waals surface area contributed by atoms with Crippen LogP contribution in [0.25, 0.3) is 0 Å². The van der Waals surface area contributed by atoms with Crippen LogP contribution in [0.1, 0.15) is 21.8 Å². The fourth-order valence-corrected chi connectivity index (χ4v) is 1.57. The second-order valence-corrected chi connectivity index (χ2v) is 4.08. The number of nitrogens with two attached hydrogens (primary N) is 1. The molecular formula is C12H10F3N3O2. The van der Waals surface area contributed by atoms with Gasteiger partial charge in [-0.15, -0.1) is 0 Å². The van der Waals surface area contributed by atoms with Gasteiger partial charge < -0.3 is 15.6 Å². The molecule has 106 valence electrons. The van der Waals surface area contributed by atoms with Crippen molar-refractivity contribution in [3.8, 4) is 0 Å². The summed E-state index contributed by atoms with van der Waals surface area (Å²) < 4.78 is 43.2. The molecule has 0 spiro atoms. The summed E-state index contributed by atoms with van der Waals surface area (Å²) in [6.45, 7) is 1.56. The minimum Gasteiger partial charge on any atom is -0.399 e. The lowest BCUT2D eigenvalue weighted by Crippen LogP contribution is -2.17. The van der Waals surface area contributed by atoms with Gasteiger partial charge in [0.1, 0.15) is 5.76 Å². The summed E-state index contributed by atoms with van der Waals surface area (Å²) in [5.41, 5.74) is 3.76. The molecule has 0 aliphatic carbocycles. The zero-order valence-corrected chi connectivity index (χ0v) is 10.3. The smallest absolute Gasteiger partial charge is 0.399 e. The zero-order valence-electron chi connectivity index (χ0n) is 10.3. The van der Waals surface area contributed by atoms with Crippen molar-refractivity contribution in [2.75, 3.05) is 11.1 Å². The summed E-state index contributed by atoms with van der Waals surface area (Å²) in [5.74, 6) is -0.416. The quantitative estimate of drug-likeness (QED) is 0.831. The summed E-state index contributed by atoms with van der Waals surface area (Å²) in [6, 6.07) is 4.42. The second-order valence-electron chi connectivity index (χ2n) is 4.08. The molecule has 0 fully saturated rings. The Balaban J connectivity index is 2.32. The van der Waals surface area contributed by atoms with E-state index in [4.69, 9.17) is 5.73 Å². The molecule has 0 atom stereocenters. The van der Waals surface area contributed by atoms with Gasteiger partial charge in [0.2, 0.25) is 0 Å². The van der Waals surface area contributed by atoms with Crippen LogP contribution in [0.3, 0.4) is 0 Å². The first-order valence-electron chi connectivity index (χ1n) is 5.49. The van der Waals surface area contributed by atoms with Gasteiger partial charge in [0.05, 0.1) is 11.3 Å². The predicted octanol–water partition coefficient (Wildman–Crippen LogP) is 2.84. The van der Waals surface area contributed by atoms with E-state index in [1.165, 1.54) is 12.1 Å². The Bertz CT molecular complexity index is 650. The first-order chi connectivity index (χ1) is 9.27. The van der Waals surface area contributed by atoms with Crippen molar-refractivity contribution in [1.82, 2.24) is 5.16 Å². The normalized spacial score (nSPS) is 11.4. The van der Waals surface area contributed by atoms with E-state index in [2.05, 4.69) is 15.0 Å². The summed E-state index contributed by atoms with van der Waals surface area (Å²) in [7, 11) is 0. The van der Waals surface area contributed by atoms with E-state index in [1.807, 2.05) is 0 Å². The number of hydrogen-bond donors (Lipinski definition) is 2. The highest BCUT2D eigenvalue weighted by Gasteiger charge is 2.34. The number of alkyl halides is 3. The zero-order chi connectivity index (χ0) is 14.9. The number of carbonyl (C=O) groups excluding carboxylic acids is 1. The van der Waals surface area contributed by atoms with E-state index in [0.29, 0.717) is 5.76 Å². The molecule has 0 saturated carbocycles. The maximum absolute atomic E-state index is 12.8. The molecule has 2 rings (SSSR count). The van der Waals surface area contributed by atoms with E-state index >= 15 is 0 Å². The van der Waals surface area contributed by atoms with E-state index in [-0.39, 0.29) is 11.4 Å². The van der Waals surface area contributed by atoms with Gasteiger partial charge in [0.25, 0.3) is 5.91 Å². The van der Waals surface area contributed by atoms with Crippen molar-refractivity contribution >= 4 is 17.3 Å². The number of anilines is 2. The molecule has 0 aliphatic rings. The highest BCUT2D eigenvalue weighted by atomic mass is 19.4. The standard InChI is InChI=1S/C12H10F3N3O2/c1-6-4-10(18-20-6)11(19)17-9-3-2-7(16)5-8(9)12(13,14)15/h2-5H,16H2,1H3,(H,17,19). The lowest BCUT2D eigenvalue weighted by Gasteiger charge is -2.13. The monoisotopic (exact) mass is 285 g/mol. The van der Waals surface area contributed by atoms with Crippen LogP contribution in [-0.4, -0.2) is 11.1 Å². The average Bonchev–Trinajstić information content (AvgIpc) is 2.77. The minimum atomic E-state index is -4.63. The number of aromatic nitrogens is 1. The molecule has 1 amide bonds. The van der Waals surface area contributed by atoms with Crippen LogP contribution in [0.15, 0.2) is 28.8 Å². The Kier molecular flexibility index (Phi) is 3.39. The van der Waals surface area contributed by atoms with Crippen molar-refractivity contribution in [2.45, 2.75) is 13.1 Å². The number of hydrogen-bond acceptors (Lipinski definition) is 4. The van der Waals surface area contributed by atoms with Crippen LogP contribution < -0.4 is 11.1 Å². The van der Waals surface area contributed by atoms with Crippen LogP contribution in [-0.2, 0) is 6.18 Å². The third-order valence-corrected chi connectivity index (χ3v) is 2.46. The molecule has 8 heteroatoms. The van der Waals surface area contributed by atoms with Gasteiger partial charge in [-0.25, -0.2) is 0 Å². The van der Waals surface area contributed by atoms with E-state index in [0.717, 1.165) is 12.1 Å². The Morgan fingerprint density at radius 3 is 2.60 bits per heavy atom. The molecule has 1 aromatic heterocycles. The van der Waals surface area contributed by atoms with Gasteiger partial charge in [0.15, 0.2) is 5.69 Å². The van der Waals surface area contributed by atoms with E-state index < -0.39 is 23.3 Å². The molecule has 20 heavy (non-hydrogen) atoms. The number of rotatable bonds is 2. The highest BCUT2D eigenvalue weighted by Crippen LogP contribution is 2.36. The largest absolute Gasteiger partial charge is 0.418 e. The molecule has 1 aromatic carbocycles. The molecule has 0 unspecified atom stereocenters. The van der Waals surface area contributed by atoms with Crippen LogP contribution in [0.2, 0.25) is 0 Å². The van der Waals surface area contributed by atoms with Crippen LogP contribution in [0, 0.1) is 6.92 Å². The van der Waals surface area contributed by atoms with Crippen molar-refractivity contribution in [3.63, 3.8) is 0 Å². The van der Waals surface area contributed by atoms with Crippen molar-refractivity contribution in [1.29, 1.82) is 0 Å². The number of amides is 1. The topological polar surface area (TPSA) is 81.2 Å². The molecular weight excluding hydrogens is 275 g/mol. The van der Waals surface area contributed by atoms with E-state index in [1.54, 1.807) is 6.92 Å². The number of nitrogen functional groups attached to an aromatic ring is 1. The minimum absolute atomic E-state index is 0.0485. The molecule has 0 radical (unpaired) electrons. The number of benzene rings is 1. The Labute approximate surface area is 111 Å². The van der Waals surface area contributed by atoms with Crippen LogP contribution >= 0.6 is 0 Å². The summed E-state index contributed by atoms with van der Waals surface area (Å²) in [5, 5.41) is 5.57. The van der Waals surface area contributed by atoms with Crippen LogP contribution in [0.4, 0.5) is 24.5 Å². The maximum atomic E-state index is 12.8. The Hall–Kier alpha value is -2.51.